The lowest BCUT2D eigenvalue weighted by molar-refractivity contribution is -0.145. The fourth-order valence-corrected chi connectivity index (χ4v) is 3.97. The van der Waals surface area contributed by atoms with E-state index in [1.807, 2.05) is 38.1 Å². The van der Waals surface area contributed by atoms with Gasteiger partial charge in [-0.05, 0) is 40.8 Å². The molecule has 3 aromatic rings. The molecule has 0 fully saturated rings. The van der Waals surface area contributed by atoms with Crippen molar-refractivity contribution in [1.29, 1.82) is 0 Å². The topological polar surface area (TPSA) is 95.0 Å². The highest BCUT2D eigenvalue weighted by molar-refractivity contribution is 5.80. The second kappa shape index (κ2) is 10.8. The van der Waals surface area contributed by atoms with Crippen molar-refractivity contribution >= 4 is 5.97 Å². The number of unbranched alkanes of at least 4 members (excludes halogenated alkanes) is 2. The smallest absolute Gasteiger partial charge is 0.321 e. The molecule has 3 rings (SSSR count). The summed E-state index contributed by atoms with van der Waals surface area (Å²) >= 11 is 0. The van der Waals surface area contributed by atoms with Crippen LogP contribution in [0.15, 0.2) is 48.5 Å². The number of rotatable bonds is 11. The summed E-state index contributed by atoms with van der Waals surface area (Å²) in [6.07, 6.45) is 3.22. The maximum Gasteiger partial charge on any atom is 0.321 e. The van der Waals surface area contributed by atoms with Crippen LogP contribution in [-0.2, 0) is 11.3 Å². The highest BCUT2D eigenvalue weighted by atomic mass is 16.4. The molecule has 0 amide bonds. The molecule has 2 N–H and O–H groups in total. The average Bonchev–Trinajstić information content (AvgIpc) is 3.29. The van der Waals surface area contributed by atoms with E-state index >= 15 is 0 Å². The van der Waals surface area contributed by atoms with Gasteiger partial charge in [-0.2, -0.15) is 5.21 Å². The molecule has 1 atom stereocenters. The molecule has 0 saturated carbocycles. The van der Waals surface area contributed by atoms with Crippen LogP contribution in [0.3, 0.4) is 0 Å². The number of carbonyl (C=O) groups is 1. The Balaban J connectivity index is 1.82. The van der Waals surface area contributed by atoms with Crippen LogP contribution < -0.4 is 0 Å². The molecule has 1 aromatic heterocycles. The molecular formula is C24H31N5O2. The van der Waals surface area contributed by atoms with Crippen LogP contribution in [0.25, 0.3) is 22.5 Å². The number of H-pyrrole nitrogens is 1. The molecule has 7 heteroatoms. The van der Waals surface area contributed by atoms with Crippen LogP contribution in [0.4, 0.5) is 0 Å². The second-order valence-corrected chi connectivity index (χ2v) is 8.18. The number of nitrogens with zero attached hydrogens (tertiary/aromatic N) is 4. The summed E-state index contributed by atoms with van der Waals surface area (Å²) in [7, 11) is 0. The number of hydrogen-bond donors (Lipinski definition) is 2. The third-order valence-corrected chi connectivity index (χ3v) is 5.49. The Labute approximate surface area is 183 Å². The first-order valence-electron chi connectivity index (χ1n) is 10.9. The van der Waals surface area contributed by atoms with Crippen molar-refractivity contribution in [2.45, 2.75) is 52.6 Å². The molecule has 0 bridgehead atoms. The zero-order valence-corrected chi connectivity index (χ0v) is 18.5. The molecule has 164 valence electrons. The van der Waals surface area contributed by atoms with Crippen molar-refractivity contribution in [3.8, 4) is 22.5 Å². The van der Waals surface area contributed by atoms with E-state index < -0.39 is 12.0 Å². The minimum Gasteiger partial charge on any atom is -0.480 e. The van der Waals surface area contributed by atoms with Gasteiger partial charge in [0, 0.05) is 12.1 Å². The number of aromatic amines is 1. The lowest BCUT2D eigenvalue weighted by Gasteiger charge is -2.31. The van der Waals surface area contributed by atoms with Gasteiger partial charge in [-0.1, -0.05) is 82.1 Å². The second-order valence-electron chi connectivity index (χ2n) is 8.18. The van der Waals surface area contributed by atoms with Gasteiger partial charge in [0.05, 0.1) is 0 Å². The normalized spacial score (nSPS) is 12.4. The largest absolute Gasteiger partial charge is 0.480 e. The maximum atomic E-state index is 11.9. The Morgan fingerprint density at radius 1 is 1.06 bits per heavy atom. The van der Waals surface area contributed by atoms with Gasteiger partial charge in [-0.3, -0.25) is 9.69 Å². The van der Waals surface area contributed by atoms with Gasteiger partial charge in [-0.25, -0.2) is 0 Å². The van der Waals surface area contributed by atoms with Crippen LogP contribution in [0.5, 0.6) is 0 Å². The van der Waals surface area contributed by atoms with Crippen LogP contribution in [0.2, 0.25) is 0 Å². The summed E-state index contributed by atoms with van der Waals surface area (Å²) in [6, 6.07) is 15.8. The van der Waals surface area contributed by atoms with E-state index in [1.165, 1.54) is 0 Å². The summed E-state index contributed by atoms with van der Waals surface area (Å²) in [6.45, 7) is 7.51. The van der Waals surface area contributed by atoms with Crippen molar-refractivity contribution in [3.63, 3.8) is 0 Å². The van der Waals surface area contributed by atoms with Crippen molar-refractivity contribution in [2.75, 3.05) is 6.54 Å². The fourth-order valence-electron chi connectivity index (χ4n) is 3.97. The lowest BCUT2D eigenvalue weighted by atomic mass is 9.97. The first-order chi connectivity index (χ1) is 15.0. The summed E-state index contributed by atoms with van der Waals surface area (Å²) < 4.78 is 0. The van der Waals surface area contributed by atoms with Crippen LogP contribution >= 0.6 is 0 Å². The van der Waals surface area contributed by atoms with Crippen molar-refractivity contribution < 1.29 is 9.90 Å². The average molecular weight is 422 g/mol. The zero-order valence-electron chi connectivity index (χ0n) is 18.5. The van der Waals surface area contributed by atoms with Crippen LogP contribution in [-0.4, -0.2) is 49.2 Å². The molecule has 2 aromatic carbocycles. The minimum atomic E-state index is -0.753. The van der Waals surface area contributed by atoms with Crippen LogP contribution in [0.1, 0.15) is 45.6 Å². The Morgan fingerprint density at radius 2 is 1.77 bits per heavy atom. The monoisotopic (exact) mass is 421 g/mol. The van der Waals surface area contributed by atoms with E-state index in [0.29, 0.717) is 12.4 Å². The quantitative estimate of drug-likeness (QED) is 0.438. The third-order valence-electron chi connectivity index (χ3n) is 5.49. The molecule has 0 unspecified atom stereocenters. The van der Waals surface area contributed by atoms with Gasteiger partial charge < -0.3 is 5.11 Å². The van der Waals surface area contributed by atoms with Crippen molar-refractivity contribution in [2.24, 2.45) is 5.92 Å². The molecule has 0 aliphatic rings. The van der Waals surface area contributed by atoms with Gasteiger partial charge in [-0.15, -0.1) is 10.2 Å². The molecule has 0 radical (unpaired) electrons. The molecule has 1 heterocycles. The molecule has 7 nitrogen and oxygen atoms in total. The summed E-state index contributed by atoms with van der Waals surface area (Å²) in [4.78, 5) is 14.0. The molecule has 0 saturated heterocycles. The van der Waals surface area contributed by atoms with Gasteiger partial charge in [0.2, 0.25) is 5.82 Å². The number of tetrazole rings is 1. The molecule has 0 aliphatic heterocycles. The van der Waals surface area contributed by atoms with Crippen molar-refractivity contribution in [3.05, 3.63) is 54.1 Å². The van der Waals surface area contributed by atoms with E-state index in [1.54, 1.807) is 0 Å². The standard InChI is InChI=1S/C24H31N5O2/c1-4-5-8-15-29(22(17(2)3)24(30)31)16-18-11-13-19(14-12-18)20-9-6-7-10-21(20)23-25-27-28-26-23/h6-7,9-14,17,22H,4-5,8,15-16H2,1-3H3,(H,30,31)(H,25,26,27,28)/t22-/m1/s1. The molecular weight excluding hydrogens is 390 g/mol. The Morgan fingerprint density at radius 3 is 2.35 bits per heavy atom. The van der Waals surface area contributed by atoms with Gasteiger partial charge in [0.1, 0.15) is 6.04 Å². The van der Waals surface area contributed by atoms with E-state index in [4.69, 9.17) is 0 Å². The van der Waals surface area contributed by atoms with Gasteiger partial charge >= 0.3 is 5.97 Å². The zero-order chi connectivity index (χ0) is 22.2. The lowest BCUT2D eigenvalue weighted by Crippen LogP contribution is -2.44. The SMILES string of the molecule is CCCCCN(Cc1ccc(-c2ccccc2-c2nn[nH]n2)cc1)[C@@H](C(=O)O)C(C)C. The number of nitrogens with one attached hydrogen (secondary N) is 1. The summed E-state index contributed by atoms with van der Waals surface area (Å²) in [5, 5.41) is 24.2. The highest BCUT2D eigenvalue weighted by Gasteiger charge is 2.28. The van der Waals surface area contributed by atoms with Gasteiger partial charge in [0.15, 0.2) is 0 Å². The highest BCUT2D eigenvalue weighted by Crippen LogP contribution is 2.30. The van der Waals surface area contributed by atoms with E-state index in [0.717, 1.165) is 48.1 Å². The first kappa shape index (κ1) is 22.6. The number of carboxylic acids is 1. The number of aromatic nitrogens is 4. The number of aliphatic carboxylic acids is 1. The predicted octanol–water partition coefficient (Wildman–Crippen LogP) is 4.64. The summed E-state index contributed by atoms with van der Waals surface area (Å²) in [5.41, 5.74) is 4.10. The number of carboxylic acid groups (broad SMARTS) is 1. The predicted molar refractivity (Wildman–Crippen MR) is 121 cm³/mol. The Kier molecular flexibility index (Phi) is 7.89. The van der Waals surface area contributed by atoms with E-state index in [9.17, 15) is 9.90 Å². The van der Waals surface area contributed by atoms with E-state index in [-0.39, 0.29) is 5.92 Å². The van der Waals surface area contributed by atoms with E-state index in [2.05, 4.69) is 56.7 Å². The number of benzene rings is 2. The summed E-state index contributed by atoms with van der Waals surface area (Å²) in [5.74, 6) is -0.152. The minimum absolute atomic E-state index is 0.0419. The van der Waals surface area contributed by atoms with Gasteiger partial charge in [0.25, 0.3) is 0 Å². The maximum absolute atomic E-state index is 11.9. The fraction of sp³-hybridized carbons (Fsp3) is 0.417. The first-order valence-corrected chi connectivity index (χ1v) is 10.9. The number of hydrogen-bond acceptors (Lipinski definition) is 5. The third kappa shape index (κ3) is 5.76. The molecule has 0 spiro atoms. The Hall–Kier alpha value is -3.06. The molecule has 31 heavy (non-hydrogen) atoms. The Bertz CT molecular complexity index is 954. The van der Waals surface area contributed by atoms with Crippen LogP contribution in [0, 0.1) is 5.92 Å². The molecule has 0 aliphatic carbocycles. The van der Waals surface area contributed by atoms with Crippen molar-refractivity contribution in [1.82, 2.24) is 25.5 Å².